The van der Waals surface area contributed by atoms with E-state index in [1.807, 2.05) is 20.1 Å². The highest BCUT2D eigenvalue weighted by molar-refractivity contribution is 8.00. The monoisotopic (exact) mass is 315 g/mol. The minimum Gasteiger partial charge on any atom is -0.294 e. The van der Waals surface area contributed by atoms with Crippen molar-refractivity contribution in [3.63, 3.8) is 0 Å². The summed E-state index contributed by atoms with van der Waals surface area (Å²) in [5, 5.41) is 0. The van der Waals surface area contributed by atoms with Gasteiger partial charge in [-0.15, -0.1) is 0 Å². The molecule has 0 radical (unpaired) electrons. The van der Waals surface area contributed by atoms with Crippen molar-refractivity contribution in [1.29, 1.82) is 0 Å². The molecule has 0 aliphatic carbocycles. The molecule has 1 N–H and O–H groups in total. The van der Waals surface area contributed by atoms with Gasteiger partial charge in [0.05, 0.1) is 4.90 Å². The van der Waals surface area contributed by atoms with Crippen LogP contribution in [-0.4, -0.2) is 31.7 Å². The fraction of sp³-hybridized carbons (Fsp3) is 0.500. The maximum absolute atomic E-state index is 12.2. The smallest absolute Gasteiger partial charge is 0.240 e. The normalized spacial score (nSPS) is 12.4. The zero-order valence-electron chi connectivity index (χ0n) is 12.3. The Morgan fingerprint density at radius 1 is 1.35 bits per heavy atom. The Kier molecular flexibility index (Phi) is 5.79. The summed E-state index contributed by atoms with van der Waals surface area (Å²) >= 11 is 1.59. The number of benzene rings is 1. The Morgan fingerprint density at radius 2 is 2.00 bits per heavy atom. The second-order valence-electron chi connectivity index (χ2n) is 5.09. The molecule has 0 atom stereocenters. The molecule has 4 nitrogen and oxygen atoms in total. The average molecular weight is 315 g/mol. The first-order valence-electron chi connectivity index (χ1n) is 6.40. The third-order valence-electron chi connectivity index (χ3n) is 3.03. The van der Waals surface area contributed by atoms with Gasteiger partial charge in [-0.05, 0) is 32.2 Å². The topological polar surface area (TPSA) is 63.2 Å². The minimum atomic E-state index is -3.58. The van der Waals surface area contributed by atoms with E-state index in [4.69, 9.17) is 0 Å². The molecule has 1 aromatic rings. The van der Waals surface area contributed by atoms with Gasteiger partial charge in [-0.1, -0.05) is 19.1 Å². The van der Waals surface area contributed by atoms with E-state index >= 15 is 0 Å². The van der Waals surface area contributed by atoms with Crippen LogP contribution < -0.4 is 4.72 Å². The Balaban J connectivity index is 2.96. The molecular weight excluding hydrogens is 294 g/mol. The predicted molar refractivity (Wildman–Crippen MR) is 83.8 cm³/mol. The Bertz CT molecular complexity index is 580. The van der Waals surface area contributed by atoms with Gasteiger partial charge < -0.3 is 0 Å². The molecule has 20 heavy (non-hydrogen) atoms. The lowest BCUT2D eigenvalue weighted by Gasteiger charge is -2.22. The van der Waals surface area contributed by atoms with Crippen molar-refractivity contribution < 1.29 is 13.2 Å². The number of rotatable bonds is 7. The predicted octanol–water partition coefficient (Wildman–Crippen LogP) is 2.70. The second-order valence-corrected chi connectivity index (χ2v) is 8.37. The summed E-state index contributed by atoms with van der Waals surface area (Å²) in [6.07, 6.45) is 2.30. The summed E-state index contributed by atoms with van der Waals surface area (Å²) in [5.74, 6) is -0.0634. The van der Waals surface area contributed by atoms with E-state index < -0.39 is 10.0 Å². The van der Waals surface area contributed by atoms with E-state index in [9.17, 15) is 13.2 Å². The fourth-order valence-corrected chi connectivity index (χ4v) is 3.03. The summed E-state index contributed by atoms with van der Waals surface area (Å²) in [5.41, 5.74) is 0.430. The molecule has 112 valence electrons. The van der Waals surface area contributed by atoms with E-state index in [2.05, 4.69) is 4.72 Å². The summed E-state index contributed by atoms with van der Waals surface area (Å²) < 4.78 is 26.9. The molecule has 0 fully saturated rings. The fourth-order valence-electron chi connectivity index (χ4n) is 1.47. The summed E-state index contributed by atoms with van der Waals surface area (Å²) in [6.45, 7) is 6.03. The molecule has 0 aliphatic heterocycles. The van der Waals surface area contributed by atoms with Crippen molar-refractivity contribution in [3.05, 3.63) is 29.8 Å². The first-order chi connectivity index (χ1) is 9.22. The number of ketones is 1. The molecule has 1 aromatic carbocycles. The van der Waals surface area contributed by atoms with Crippen molar-refractivity contribution in [2.24, 2.45) is 0 Å². The average Bonchev–Trinajstić information content (AvgIpc) is 2.45. The van der Waals surface area contributed by atoms with Crippen LogP contribution in [0.15, 0.2) is 29.2 Å². The lowest BCUT2D eigenvalue weighted by atomic mass is 10.1. The first kappa shape index (κ1) is 17.2. The van der Waals surface area contributed by atoms with Crippen LogP contribution in [0.1, 0.15) is 37.6 Å². The maximum Gasteiger partial charge on any atom is 0.240 e. The number of hydrogen-bond acceptors (Lipinski definition) is 4. The van der Waals surface area contributed by atoms with Gasteiger partial charge in [0.1, 0.15) is 0 Å². The van der Waals surface area contributed by atoms with Crippen molar-refractivity contribution in [2.45, 2.75) is 36.8 Å². The van der Waals surface area contributed by atoms with E-state index in [0.717, 1.165) is 0 Å². The van der Waals surface area contributed by atoms with Gasteiger partial charge >= 0.3 is 0 Å². The molecule has 0 saturated carbocycles. The van der Waals surface area contributed by atoms with Gasteiger partial charge in [0.15, 0.2) is 5.78 Å². The van der Waals surface area contributed by atoms with E-state index in [1.54, 1.807) is 30.8 Å². The molecule has 6 heteroatoms. The number of carbonyl (C=O) groups excluding carboxylic acids is 1. The highest BCUT2D eigenvalue weighted by Crippen LogP contribution is 2.21. The molecule has 0 aromatic heterocycles. The summed E-state index contributed by atoms with van der Waals surface area (Å²) in [7, 11) is -3.58. The molecule has 0 saturated heterocycles. The van der Waals surface area contributed by atoms with Crippen LogP contribution in [-0.2, 0) is 10.0 Å². The van der Waals surface area contributed by atoms with Crippen LogP contribution in [0.2, 0.25) is 0 Å². The number of Topliss-reactive ketones (excluding diaryl/α,β-unsaturated/α-hetero) is 1. The zero-order valence-corrected chi connectivity index (χ0v) is 13.9. The molecule has 0 unspecified atom stereocenters. The van der Waals surface area contributed by atoms with Crippen LogP contribution in [0.4, 0.5) is 0 Å². The minimum absolute atomic E-state index is 0.0634. The Labute approximate surface area is 125 Å². The SMILES string of the molecule is CCC(=O)c1cccc(S(=O)(=O)NCC(C)(C)SC)c1. The van der Waals surface area contributed by atoms with Gasteiger partial charge in [0.2, 0.25) is 10.0 Å². The summed E-state index contributed by atoms with van der Waals surface area (Å²) in [6, 6.07) is 6.16. The number of thioether (sulfide) groups is 1. The van der Waals surface area contributed by atoms with Gasteiger partial charge in [-0.25, -0.2) is 13.1 Å². The van der Waals surface area contributed by atoms with Crippen molar-refractivity contribution >= 4 is 27.6 Å². The highest BCUT2D eigenvalue weighted by Gasteiger charge is 2.21. The standard InChI is InChI=1S/C14H21NO3S2/c1-5-13(16)11-7-6-8-12(9-11)20(17,18)15-10-14(2,3)19-4/h6-9,15H,5,10H2,1-4H3. The lowest BCUT2D eigenvalue weighted by Crippen LogP contribution is -2.36. The molecule has 0 heterocycles. The molecular formula is C14H21NO3S2. The van der Waals surface area contributed by atoms with Crippen LogP contribution >= 0.6 is 11.8 Å². The first-order valence-corrected chi connectivity index (χ1v) is 9.11. The van der Waals surface area contributed by atoms with Gasteiger partial charge in [0, 0.05) is 23.3 Å². The second kappa shape index (κ2) is 6.74. The maximum atomic E-state index is 12.2. The molecule has 0 spiro atoms. The molecule has 1 rings (SSSR count). The van der Waals surface area contributed by atoms with Crippen LogP contribution in [0.25, 0.3) is 0 Å². The van der Waals surface area contributed by atoms with Crippen LogP contribution in [0.5, 0.6) is 0 Å². The van der Waals surface area contributed by atoms with E-state index in [-0.39, 0.29) is 15.4 Å². The van der Waals surface area contributed by atoms with Crippen LogP contribution in [0, 0.1) is 0 Å². The number of hydrogen-bond donors (Lipinski definition) is 1. The molecule has 0 bridgehead atoms. The lowest BCUT2D eigenvalue weighted by molar-refractivity contribution is 0.0988. The molecule has 0 amide bonds. The Morgan fingerprint density at radius 3 is 2.55 bits per heavy atom. The molecule has 0 aliphatic rings. The van der Waals surface area contributed by atoms with Gasteiger partial charge in [0.25, 0.3) is 0 Å². The third-order valence-corrected chi connectivity index (χ3v) is 5.68. The van der Waals surface area contributed by atoms with E-state index in [0.29, 0.717) is 18.5 Å². The number of carbonyl (C=O) groups is 1. The van der Waals surface area contributed by atoms with Crippen LogP contribution in [0.3, 0.4) is 0 Å². The third kappa shape index (κ3) is 4.61. The van der Waals surface area contributed by atoms with Gasteiger partial charge in [-0.2, -0.15) is 11.8 Å². The number of nitrogens with one attached hydrogen (secondary N) is 1. The van der Waals surface area contributed by atoms with Gasteiger partial charge in [-0.3, -0.25) is 4.79 Å². The highest BCUT2D eigenvalue weighted by atomic mass is 32.2. The van der Waals surface area contributed by atoms with Crippen molar-refractivity contribution in [3.8, 4) is 0 Å². The van der Waals surface area contributed by atoms with E-state index in [1.165, 1.54) is 12.1 Å². The zero-order chi connectivity index (χ0) is 15.4. The summed E-state index contributed by atoms with van der Waals surface area (Å²) in [4.78, 5) is 11.8. The Hall–Kier alpha value is -0.850. The van der Waals surface area contributed by atoms with Crippen molar-refractivity contribution in [1.82, 2.24) is 4.72 Å². The largest absolute Gasteiger partial charge is 0.294 e. The number of sulfonamides is 1. The van der Waals surface area contributed by atoms with Crippen molar-refractivity contribution in [2.75, 3.05) is 12.8 Å². The quantitative estimate of drug-likeness (QED) is 0.786.